The number of aliphatic imine (C=N–C) groups is 1. The van der Waals surface area contributed by atoms with Gasteiger partial charge in [0.25, 0.3) is 5.91 Å². The van der Waals surface area contributed by atoms with Crippen molar-refractivity contribution in [2.24, 2.45) is 10.7 Å². The highest BCUT2D eigenvalue weighted by atomic mass is 32.1. The molecule has 4 aromatic rings. The van der Waals surface area contributed by atoms with Crippen molar-refractivity contribution in [3.63, 3.8) is 0 Å². The van der Waals surface area contributed by atoms with Crippen LogP contribution in [-0.4, -0.2) is 44.8 Å². The van der Waals surface area contributed by atoms with Gasteiger partial charge in [-0.15, -0.1) is 11.3 Å². The molecule has 1 aromatic carbocycles. The van der Waals surface area contributed by atoms with Crippen LogP contribution < -0.4 is 16.0 Å². The number of fused-ring (bicyclic) bond motifs is 3. The third-order valence-corrected chi connectivity index (χ3v) is 7.08. The number of amidine groups is 1. The van der Waals surface area contributed by atoms with E-state index in [-0.39, 0.29) is 11.1 Å². The van der Waals surface area contributed by atoms with Crippen LogP contribution in [0.1, 0.15) is 32.7 Å². The molecule has 0 fully saturated rings. The van der Waals surface area contributed by atoms with Gasteiger partial charge in [0.05, 0.1) is 12.1 Å². The van der Waals surface area contributed by atoms with Crippen molar-refractivity contribution in [3.8, 4) is 11.1 Å². The average Bonchev–Trinajstić information content (AvgIpc) is 3.60. The Morgan fingerprint density at radius 3 is 2.74 bits per heavy atom. The second-order valence-corrected chi connectivity index (χ2v) is 9.72. The van der Waals surface area contributed by atoms with Crippen molar-refractivity contribution in [3.05, 3.63) is 76.2 Å². The van der Waals surface area contributed by atoms with Gasteiger partial charge in [0, 0.05) is 47.2 Å². The zero-order valence-electron chi connectivity index (χ0n) is 20.3. The molecule has 196 valence electrons. The Morgan fingerprint density at radius 2 is 2.00 bits per heavy atom. The molecule has 0 saturated carbocycles. The van der Waals surface area contributed by atoms with E-state index in [1.165, 1.54) is 17.4 Å². The lowest BCUT2D eigenvalue weighted by Crippen LogP contribution is -2.32. The lowest BCUT2D eigenvalue weighted by molar-refractivity contribution is -0.137. The van der Waals surface area contributed by atoms with Crippen molar-refractivity contribution in [1.29, 1.82) is 0 Å². The Kier molecular flexibility index (Phi) is 5.87. The number of amides is 1. The van der Waals surface area contributed by atoms with Crippen molar-refractivity contribution in [2.45, 2.75) is 13.1 Å². The molecular weight excluding hydrogens is 529 g/mol. The summed E-state index contributed by atoms with van der Waals surface area (Å²) < 4.78 is 41.9. The largest absolute Gasteiger partial charge is 0.417 e. The average molecular weight is 549 g/mol. The van der Waals surface area contributed by atoms with Gasteiger partial charge in [-0.25, -0.2) is 9.97 Å². The lowest BCUT2D eigenvalue weighted by Gasteiger charge is -2.28. The summed E-state index contributed by atoms with van der Waals surface area (Å²) in [6, 6.07) is 5.69. The van der Waals surface area contributed by atoms with Gasteiger partial charge in [0.2, 0.25) is 5.95 Å². The van der Waals surface area contributed by atoms with Crippen LogP contribution in [0, 0.1) is 6.92 Å². The number of benzene rings is 1. The Balaban J connectivity index is 1.48. The van der Waals surface area contributed by atoms with E-state index in [4.69, 9.17) is 5.73 Å². The number of anilines is 3. The molecule has 5 heterocycles. The summed E-state index contributed by atoms with van der Waals surface area (Å²) >= 11 is 1.42. The number of alkyl halides is 3. The molecule has 0 bridgehead atoms. The number of pyridine rings is 1. The number of hydrogen-bond donors (Lipinski definition) is 2. The normalized spacial score (nSPS) is 14.4. The Labute approximate surface area is 224 Å². The summed E-state index contributed by atoms with van der Waals surface area (Å²) in [6.45, 7) is 2.96. The molecule has 0 unspecified atom stereocenters. The van der Waals surface area contributed by atoms with Gasteiger partial charge in [-0.2, -0.15) is 18.2 Å². The molecule has 39 heavy (non-hydrogen) atoms. The fourth-order valence-corrected chi connectivity index (χ4v) is 5.21. The lowest BCUT2D eigenvalue weighted by atomic mass is 9.90. The Morgan fingerprint density at radius 1 is 1.15 bits per heavy atom. The quantitative estimate of drug-likeness (QED) is 0.362. The summed E-state index contributed by atoms with van der Waals surface area (Å²) in [5.41, 5.74) is 6.70. The summed E-state index contributed by atoms with van der Waals surface area (Å²) in [5.74, 6) is 0.661. The topological polar surface area (TPSA) is 122 Å². The number of aryl methyl sites for hydroxylation is 1. The van der Waals surface area contributed by atoms with E-state index in [1.807, 2.05) is 23.3 Å². The number of nitrogens with two attached hydrogens (primary N) is 1. The first kappa shape index (κ1) is 24.7. The second-order valence-electron chi connectivity index (χ2n) is 8.82. The van der Waals surface area contributed by atoms with Gasteiger partial charge in [0.1, 0.15) is 17.3 Å². The number of aromatic nitrogens is 4. The van der Waals surface area contributed by atoms with E-state index in [9.17, 15) is 18.0 Å². The number of carbonyl (C=O) groups is 1. The minimum Gasteiger partial charge on any atom is -0.364 e. The number of primary amides is 1. The molecule has 13 heteroatoms. The van der Waals surface area contributed by atoms with E-state index in [0.717, 1.165) is 23.4 Å². The number of hydrogen-bond acceptors (Lipinski definition) is 9. The smallest absolute Gasteiger partial charge is 0.364 e. The van der Waals surface area contributed by atoms with Gasteiger partial charge >= 0.3 is 6.18 Å². The minimum atomic E-state index is -4.72. The van der Waals surface area contributed by atoms with Crippen molar-refractivity contribution < 1.29 is 18.0 Å². The van der Waals surface area contributed by atoms with E-state index in [2.05, 4.69) is 30.2 Å². The molecule has 0 aliphatic carbocycles. The molecule has 2 aliphatic heterocycles. The van der Waals surface area contributed by atoms with Crippen molar-refractivity contribution in [2.75, 3.05) is 23.3 Å². The molecule has 3 N–H and O–H groups in total. The summed E-state index contributed by atoms with van der Waals surface area (Å²) in [7, 11) is 0. The molecule has 3 aromatic heterocycles. The fraction of sp³-hybridized carbons (Fsp3) is 0.154. The minimum absolute atomic E-state index is 0.168. The third kappa shape index (κ3) is 4.40. The zero-order chi connectivity index (χ0) is 27.3. The standard InChI is InChI=1S/C26H19F3N8OS/c1-13-2-3-14(19-18(26(27,28)29)4-5-31-20(19)21(30)38)10-16(13)17-11-15-12-34-24(36-25-33-7-9-39-25)35-22(15)37-8-6-32-23(17)37/h2-5,7,9-12H,6,8H2,1H3,(H2,30,38)(H,33,34,35,36). The number of carbonyl (C=O) groups excluding carboxylic acids is 1. The highest BCUT2D eigenvalue weighted by Crippen LogP contribution is 2.41. The first-order valence-electron chi connectivity index (χ1n) is 11.8. The molecular formula is C26H19F3N8OS. The van der Waals surface area contributed by atoms with E-state index < -0.39 is 23.3 Å². The highest BCUT2D eigenvalue weighted by molar-refractivity contribution is 7.13. The maximum Gasteiger partial charge on any atom is 0.417 e. The first-order valence-corrected chi connectivity index (χ1v) is 12.6. The number of rotatable bonds is 5. The zero-order valence-corrected chi connectivity index (χ0v) is 21.1. The molecule has 0 spiro atoms. The molecule has 1 amide bonds. The van der Waals surface area contributed by atoms with Crippen LogP contribution >= 0.6 is 11.3 Å². The Bertz CT molecular complexity index is 1680. The molecule has 0 atom stereocenters. The number of halogens is 3. The van der Waals surface area contributed by atoms with Crippen LogP contribution in [0.3, 0.4) is 0 Å². The van der Waals surface area contributed by atoms with Crippen LogP contribution in [0.5, 0.6) is 0 Å². The number of nitrogens with zero attached hydrogens (tertiary/aromatic N) is 6. The van der Waals surface area contributed by atoms with E-state index in [1.54, 1.807) is 24.5 Å². The number of nitrogens with one attached hydrogen (secondary N) is 1. The van der Waals surface area contributed by atoms with Gasteiger partial charge in [0.15, 0.2) is 5.13 Å². The predicted molar refractivity (Wildman–Crippen MR) is 143 cm³/mol. The van der Waals surface area contributed by atoms with Crippen molar-refractivity contribution in [1.82, 2.24) is 19.9 Å². The molecule has 6 rings (SSSR count). The van der Waals surface area contributed by atoms with E-state index >= 15 is 0 Å². The third-order valence-electron chi connectivity index (χ3n) is 6.39. The summed E-state index contributed by atoms with van der Waals surface area (Å²) in [4.78, 5) is 35.9. The number of thiazole rings is 1. The monoisotopic (exact) mass is 548 g/mol. The molecule has 9 nitrogen and oxygen atoms in total. The van der Waals surface area contributed by atoms with Crippen LogP contribution in [0.25, 0.3) is 22.8 Å². The molecule has 0 saturated heterocycles. The van der Waals surface area contributed by atoms with Gasteiger partial charge in [-0.05, 0) is 41.8 Å². The van der Waals surface area contributed by atoms with Crippen LogP contribution in [-0.2, 0) is 6.18 Å². The van der Waals surface area contributed by atoms with Crippen LogP contribution in [0.4, 0.5) is 30.1 Å². The highest BCUT2D eigenvalue weighted by Gasteiger charge is 2.37. The van der Waals surface area contributed by atoms with Crippen molar-refractivity contribution >= 4 is 51.6 Å². The fourth-order valence-electron chi connectivity index (χ4n) is 4.69. The van der Waals surface area contributed by atoms with Gasteiger partial charge < -0.3 is 10.6 Å². The maximum atomic E-state index is 14.0. The SMILES string of the molecule is Cc1ccc(-c2c(C(F)(F)F)ccnc2C(N)=O)cc1C1=Cc2cnc(Nc3nccs3)nc2N2CCN=C12. The molecule has 0 radical (unpaired) electrons. The van der Waals surface area contributed by atoms with Gasteiger partial charge in [-0.1, -0.05) is 12.1 Å². The first-order chi connectivity index (χ1) is 18.7. The van der Waals surface area contributed by atoms with Crippen LogP contribution in [0.2, 0.25) is 0 Å². The second kappa shape index (κ2) is 9.27. The van der Waals surface area contributed by atoms with E-state index in [0.29, 0.717) is 47.0 Å². The van der Waals surface area contributed by atoms with Crippen LogP contribution in [0.15, 0.2) is 53.2 Å². The summed E-state index contributed by atoms with van der Waals surface area (Å²) in [5, 5.41) is 5.59. The predicted octanol–water partition coefficient (Wildman–Crippen LogP) is 4.94. The van der Waals surface area contributed by atoms with Gasteiger partial charge in [-0.3, -0.25) is 20.1 Å². The summed E-state index contributed by atoms with van der Waals surface area (Å²) in [6.07, 6.45) is 1.45. The molecule has 2 aliphatic rings. The maximum absolute atomic E-state index is 14.0. The Hall–Kier alpha value is -4.65.